The maximum atomic E-state index is 5.38. The van der Waals surface area contributed by atoms with Gasteiger partial charge >= 0.3 is 0 Å². The third-order valence-corrected chi connectivity index (χ3v) is 4.87. The topological polar surface area (TPSA) is 72.7 Å². The maximum Gasteiger partial charge on any atom is 0.191 e. The molecule has 0 amide bonds. The Labute approximate surface area is 207 Å². The van der Waals surface area contributed by atoms with Crippen molar-refractivity contribution in [3.8, 4) is 17.2 Å². The molecule has 32 heavy (non-hydrogen) atoms. The Morgan fingerprint density at radius 3 is 2.38 bits per heavy atom. The van der Waals surface area contributed by atoms with Crippen LogP contribution >= 0.6 is 24.0 Å². The molecule has 2 aromatic carbocycles. The lowest BCUT2D eigenvalue weighted by atomic mass is 10.1. The first-order chi connectivity index (χ1) is 15.2. The molecule has 7 nitrogen and oxygen atoms in total. The van der Waals surface area contributed by atoms with Crippen molar-refractivity contribution >= 4 is 29.9 Å². The van der Waals surface area contributed by atoms with E-state index in [4.69, 9.17) is 14.5 Å². The predicted octanol–water partition coefficient (Wildman–Crippen LogP) is 3.85. The Bertz CT molecular complexity index is 959. The molecule has 2 N–H and O–H groups in total. The standard InChI is InChI=1S/C24H31N5O2.HI/c1-4-25-24(27-16-13-20-8-11-22(30-2)23(18-20)31-3)26-15-12-19-6-9-21(10-7-19)29-17-5-14-28-29;/h5-11,14,17-18H,4,12-13,15-16H2,1-3H3,(H2,25,26,27);1H. The van der Waals surface area contributed by atoms with Gasteiger partial charge in [0.05, 0.1) is 19.9 Å². The van der Waals surface area contributed by atoms with E-state index in [-0.39, 0.29) is 24.0 Å². The fourth-order valence-corrected chi connectivity index (χ4v) is 3.24. The van der Waals surface area contributed by atoms with Gasteiger partial charge in [0.1, 0.15) is 0 Å². The van der Waals surface area contributed by atoms with Crippen molar-refractivity contribution in [1.82, 2.24) is 20.4 Å². The Morgan fingerprint density at radius 2 is 1.72 bits per heavy atom. The monoisotopic (exact) mass is 549 g/mol. The zero-order valence-electron chi connectivity index (χ0n) is 18.9. The first kappa shape index (κ1) is 25.5. The predicted molar refractivity (Wildman–Crippen MR) is 140 cm³/mol. The quantitative estimate of drug-likeness (QED) is 0.229. The molecule has 8 heteroatoms. The van der Waals surface area contributed by atoms with Crippen LogP contribution in [0, 0.1) is 0 Å². The Kier molecular flexibility index (Phi) is 10.9. The number of rotatable bonds is 10. The first-order valence-corrected chi connectivity index (χ1v) is 10.6. The van der Waals surface area contributed by atoms with Crippen LogP contribution in [0.3, 0.4) is 0 Å². The average molecular weight is 549 g/mol. The zero-order valence-corrected chi connectivity index (χ0v) is 21.2. The summed E-state index contributed by atoms with van der Waals surface area (Å²) in [6.45, 7) is 4.38. The number of aromatic nitrogens is 2. The smallest absolute Gasteiger partial charge is 0.191 e. The van der Waals surface area contributed by atoms with E-state index in [2.05, 4.69) is 53.0 Å². The molecule has 0 aliphatic carbocycles. The van der Waals surface area contributed by atoms with Crippen LogP contribution in [0.25, 0.3) is 5.69 Å². The van der Waals surface area contributed by atoms with Gasteiger partial charge in [0.15, 0.2) is 17.5 Å². The second-order valence-corrected chi connectivity index (χ2v) is 6.99. The van der Waals surface area contributed by atoms with Crippen LogP contribution in [0.15, 0.2) is 65.9 Å². The second kappa shape index (κ2) is 13.6. The van der Waals surface area contributed by atoms with Gasteiger partial charge in [-0.3, -0.25) is 4.99 Å². The number of guanidine groups is 1. The minimum absolute atomic E-state index is 0. The fraction of sp³-hybridized carbons (Fsp3) is 0.333. The number of hydrogen-bond donors (Lipinski definition) is 2. The van der Waals surface area contributed by atoms with Crippen molar-refractivity contribution in [1.29, 1.82) is 0 Å². The number of methoxy groups -OCH3 is 2. The normalized spacial score (nSPS) is 10.9. The summed E-state index contributed by atoms with van der Waals surface area (Å²) < 4.78 is 12.5. The van der Waals surface area contributed by atoms with E-state index in [1.807, 2.05) is 29.1 Å². The lowest BCUT2D eigenvalue weighted by Crippen LogP contribution is -2.38. The van der Waals surface area contributed by atoms with Crippen molar-refractivity contribution < 1.29 is 9.47 Å². The maximum absolute atomic E-state index is 5.38. The molecule has 3 aromatic rings. The van der Waals surface area contributed by atoms with Gasteiger partial charge < -0.3 is 20.1 Å². The van der Waals surface area contributed by atoms with E-state index in [1.54, 1.807) is 20.4 Å². The molecule has 1 heterocycles. The average Bonchev–Trinajstić information content (AvgIpc) is 3.34. The molecule has 0 radical (unpaired) electrons. The highest BCUT2D eigenvalue weighted by atomic mass is 127. The van der Waals surface area contributed by atoms with Gasteiger partial charge in [-0.1, -0.05) is 18.2 Å². The van der Waals surface area contributed by atoms with E-state index in [0.29, 0.717) is 6.54 Å². The van der Waals surface area contributed by atoms with Crippen molar-refractivity contribution in [2.75, 3.05) is 33.9 Å². The second-order valence-electron chi connectivity index (χ2n) is 6.99. The van der Waals surface area contributed by atoms with Crippen LogP contribution in [0.4, 0.5) is 0 Å². The summed E-state index contributed by atoms with van der Waals surface area (Å²) in [6, 6.07) is 16.3. The Morgan fingerprint density at radius 1 is 0.969 bits per heavy atom. The molecule has 0 aliphatic heterocycles. The van der Waals surface area contributed by atoms with Crippen LogP contribution in [-0.2, 0) is 12.8 Å². The minimum atomic E-state index is 0. The third-order valence-electron chi connectivity index (χ3n) is 4.87. The van der Waals surface area contributed by atoms with E-state index >= 15 is 0 Å². The SMILES string of the molecule is CCNC(=NCCc1ccc(-n2cccn2)cc1)NCCc1ccc(OC)c(OC)c1.I. The Balaban J connectivity index is 0.00000363. The molecule has 0 saturated carbocycles. The summed E-state index contributed by atoms with van der Waals surface area (Å²) >= 11 is 0. The number of benzene rings is 2. The molecule has 172 valence electrons. The summed E-state index contributed by atoms with van der Waals surface area (Å²) in [5, 5.41) is 11.0. The molecule has 0 spiro atoms. The van der Waals surface area contributed by atoms with Crippen LogP contribution in [0.2, 0.25) is 0 Å². The summed E-state index contributed by atoms with van der Waals surface area (Å²) in [5.74, 6) is 2.32. The lowest BCUT2D eigenvalue weighted by molar-refractivity contribution is 0.354. The third kappa shape index (κ3) is 7.44. The summed E-state index contributed by atoms with van der Waals surface area (Å²) in [4.78, 5) is 4.71. The number of halogens is 1. The van der Waals surface area contributed by atoms with Gasteiger partial charge in [-0.15, -0.1) is 24.0 Å². The van der Waals surface area contributed by atoms with Crippen LogP contribution in [0.5, 0.6) is 11.5 Å². The number of ether oxygens (including phenoxy) is 2. The van der Waals surface area contributed by atoms with Crippen molar-refractivity contribution in [2.24, 2.45) is 4.99 Å². The Hall–Kier alpha value is -2.75. The van der Waals surface area contributed by atoms with Gasteiger partial charge in [-0.05, 0) is 61.2 Å². The lowest BCUT2D eigenvalue weighted by Gasteiger charge is -2.13. The van der Waals surface area contributed by atoms with E-state index in [1.165, 1.54) is 11.1 Å². The molecule has 0 fully saturated rings. The van der Waals surface area contributed by atoms with Gasteiger partial charge in [0.2, 0.25) is 0 Å². The van der Waals surface area contributed by atoms with Crippen LogP contribution in [-0.4, -0.2) is 49.6 Å². The molecule has 0 bridgehead atoms. The van der Waals surface area contributed by atoms with Gasteiger partial charge in [-0.2, -0.15) is 5.10 Å². The molecule has 3 rings (SSSR count). The van der Waals surface area contributed by atoms with Crippen molar-refractivity contribution in [3.63, 3.8) is 0 Å². The first-order valence-electron chi connectivity index (χ1n) is 10.6. The molecule has 1 aromatic heterocycles. The van der Waals surface area contributed by atoms with Gasteiger partial charge in [-0.25, -0.2) is 4.68 Å². The van der Waals surface area contributed by atoms with Gasteiger partial charge in [0, 0.05) is 32.0 Å². The van der Waals surface area contributed by atoms with E-state index in [0.717, 1.165) is 49.1 Å². The van der Waals surface area contributed by atoms with Crippen LogP contribution < -0.4 is 20.1 Å². The molecule has 0 atom stereocenters. The van der Waals surface area contributed by atoms with E-state index < -0.39 is 0 Å². The summed E-state index contributed by atoms with van der Waals surface area (Å²) in [6.07, 6.45) is 5.46. The molecule has 0 unspecified atom stereocenters. The highest BCUT2D eigenvalue weighted by molar-refractivity contribution is 14.0. The summed E-state index contributed by atoms with van der Waals surface area (Å²) in [7, 11) is 3.30. The zero-order chi connectivity index (χ0) is 21.9. The number of nitrogens with zero attached hydrogens (tertiary/aromatic N) is 3. The largest absolute Gasteiger partial charge is 0.493 e. The highest BCUT2D eigenvalue weighted by Crippen LogP contribution is 2.27. The molecule has 0 saturated heterocycles. The minimum Gasteiger partial charge on any atom is -0.493 e. The van der Waals surface area contributed by atoms with Gasteiger partial charge in [0.25, 0.3) is 0 Å². The molecular weight excluding hydrogens is 517 g/mol. The van der Waals surface area contributed by atoms with Crippen molar-refractivity contribution in [3.05, 3.63) is 72.1 Å². The van der Waals surface area contributed by atoms with Crippen LogP contribution in [0.1, 0.15) is 18.1 Å². The van der Waals surface area contributed by atoms with Crippen molar-refractivity contribution in [2.45, 2.75) is 19.8 Å². The molecule has 0 aliphatic rings. The number of hydrogen-bond acceptors (Lipinski definition) is 4. The molecular formula is C24H32IN5O2. The number of aliphatic imine (C=N–C) groups is 1. The fourth-order valence-electron chi connectivity index (χ4n) is 3.24. The number of nitrogens with one attached hydrogen (secondary N) is 2. The summed E-state index contributed by atoms with van der Waals surface area (Å²) in [5.41, 5.74) is 3.49. The highest BCUT2D eigenvalue weighted by Gasteiger charge is 2.05. The van der Waals surface area contributed by atoms with E-state index in [9.17, 15) is 0 Å².